The van der Waals surface area contributed by atoms with E-state index in [9.17, 15) is 18.4 Å². The predicted molar refractivity (Wildman–Crippen MR) is 66.2 cm³/mol. The minimum atomic E-state index is -1.17. The van der Waals surface area contributed by atoms with Crippen LogP contribution < -0.4 is 11.1 Å². The van der Waals surface area contributed by atoms with Crippen LogP contribution in [0.1, 0.15) is 23.7 Å². The van der Waals surface area contributed by atoms with Crippen molar-refractivity contribution in [3.8, 4) is 6.07 Å². The number of hydrogen-bond donors (Lipinski definition) is 2. The van der Waals surface area contributed by atoms with Crippen molar-refractivity contribution >= 4 is 11.8 Å². The minimum Gasteiger partial charge on any atom is -0.368 e. The van der Waals surface area contributed by atoms with Gasteiger partial charge >= 0.3 is 0 Å². The maximum absolute atomic E-state index is 13.0. The Morgan fingerprint density at radius 1 is 1.40 bits per heavy atom. The molecule has 0 radical (unpaired) electrons. The number of hydrogen-bond acceptors (Lipinski definition) is 3. The Balaban J connectivity index is 2.88. The quantitative estimate of drug-likeness (QED) is 0.845. The van der Waals surface area contributed by atoms with Crippen LogP contribution in [-0.4, -0.2) is 17.9 Å². The Hall–Kier alpha value is -2.49. The summed E-state index contributed by atoms with van der Waals surface area (Å²) in [5.74, 6) is -4.31. The molecule has 1 aromatic rings. The van der Waals surface area contributed by atoms with Gasteiger partial charge in [-0.15, -0.1) is 0 Å². The van der Waals surface area contributed by atoms with Gasteiger partial charge in [-0.2, -0.15) is 5.26 Å². The van der Waals surface area contributed by atoms with Gasteiger partial charge in [-0.05, 0) is 24.1 Å². The van der Waals surface area contributed by atoms with E-state index in [4.69, 9.17) is 11.0 Å². The van der Waals surface area contributed by atoms with Crippen LogP contribution >= 0.6 is 0 Å². The van der Waals surface area contributed by atoms with Gasteiger partial charge in [0.15, 0.2) is 11.6 Å². The van der Waals surface area contributed by atoms with Gasteiger partial charge in [-0.1, -0.05) is 6.92 Å². The van der Waals surface area contributed by atoms with Crippen LogP contribution in [0.4, 0.5) is 8.78 Å². The van der Waals surface area contributed by atoms with E-state index in [0.29, 0.717) is 0 Å². The summed E-state index contributed by atoms with van der Waals surface area (Å²) in [6.45, 7) is 1.57. The van der Waals surface area contributed by atoms with Crippen molar-refractivity contribution in [1.29, 1.82) is 5.26 Å². The summed E-state index contributed by atoms with van der Waals surface area (Å²) in [4.78, 5) is 23.1. The molecule has 7 heteroatoms. The number of nitrogens with zero attached hydrogens (tertiary/aromatic N) is 1. The van der Waals surface area contributed by atoms with Crippen LogP contribution in [0.5, 0.6) is 0 Å². The fourth-order valence-corrected chi connectivity index (χ4v) is 1.62. The van der Waals surface area contributed by atoms with Gasteiger partial charge in [0.2, 0.25) is 5.91 Å². The number of halogens is 2. The topological polar surface area (TPSA) is 96.0 Å². The Morgan fingerprint density at radius 2 is 2.05 bits per heavy atom. The van der Waals surface area contributed by atoms with Crippen LogP contribution in [0.25, 0.3) is 0 Å². The smallest absolute Gasteiger partial charge is 0.252 e. The molecule has 2 amide bonds. The van der Waals surface area contributed by atoms with Crippen LogP contribution in [-0.2, 0) is 4.79 Å². The monoisotopic (exact) mass is 281 g/mol. The summed E-state index contributed by atoms with van der Waals surface area (Å²) in [6.07, 6.45) is 0.0195. The highest BCUT2D eigenvalue weighted by atomic mass is 19.2. The van der Waals surface area contributed by atoms with Crippen LogP contribution in [0.2, 0.25) is 0 Å². The standard InChI is InChI=1S/C13H13F2N3O2/c1-7(4-5-16)11(12(17)19)18-13(20)8-2-3-9(14)10(15)6-8/h2-3,6-7,11H,4H2,1H3,(H2,17,19)(H,18,20)/t7-,11+/m0/s1. The Labute approximate surface area is 114 Å². The summed E-state index contributed by atoms with van der Waals surface area (Å²) < 4.78 is 25.8. The van der Waals surface area contributed by atoms with Crippen molar-refractivity contribution in [2.24, 2.45) is 11.7 Å². The number of carbonyl (C=O) groups excluding carboxylic acids is 2. The molecule has 0 aliphatic heterocycles. The third kappa shape index (κ3) is 3.75. The molecule has 0 unspecified atom stereocenters. The van der Waals surface area contributed by atoms with Crippen molar-refractivity contribution in [2.45, 2.75) is 19.4 Å². The average molecular weight is 281 g/mol. The van der Waals surface area contributed by atoms with E-state index in [0.717, 1.165) is 18.2 Å². The van der Waals surface area contributed by atoms with Crippen molar-refractivity contribution in [1.82, 2.24) is 5.32 Å². The molecule has 0 aliphatic carbocycles. The minimum absolute atomic E-state index is 0.0195. The highest BCUT2D eigenvalue weighted by Gasteiger charge is 2.25. The summed E-state index contributed by atoms with van der Waals surface area (Å²) in [5, 5.41) is 10.9. The van der Waals surface area contributed by atoms with E-state index < -0.39 is 35.4 Å². The Kier molecular flexibility index (Phi) is 5.15. The number of nitrogens with two attached hydrogens (primary N) is 1. The second-order valence-electron chi connectivity index (χ2n) is 4.32. The van der Waals surface area contributed by atoms with Gasteiger partial charge in [-0.3, -0.25) is 9.59 Å². The first-order valence-corrected chi connectivity index (χ1v) is 5.79. The molecular weight excluding hydrogens is 268 g/mol. The maximum Gasteiger partial charge on any atom is 0.252 e. The first-order chi connectivity index (χ1) is 9.36. The van der Waals surface area contributed by atoms with Crippen molar-refractivity contribution < 1.29 is 18.4 Å². The molecule has 0 bridgehead atoms. The lowest BCUT2D eigenvalue weighted by atomic mass is 9.98. The number of benzene rings is 1. The fraction of sp³-hybridized carbons (Fsp3) is 0.308. The van der Waals surface area contributed by atoms with E-state index >= 15 is 0 Å². The lowest BCUT2D eigenvalue weighted by Crippen LogP contribution is -2.48. The highest BCUT2D eigenvalue weighted by Crippen LogP contribution is 2.11. The van der Waals surface area contributed by atoms with E-state index in [-0.39, 0.29) is 12.0 Å². The van der Waals surface area contributed by atoms with Gasteiger partial charge in [0.25, 0.3) is 5.91 Å². The number of nitrogens with one attached hydrogen (secondary N) is 1. The van der Waals surface area contributed by atoms with E-state index in [2.05, 4.69) is 5.32 Å². The van der Waals surface area contributed by atoms with Crippen molar-refractivity contribution in [3.05, 3.63) is 35.4 Å². The second-order valence-corrected chi connectivity index (χ2v) is 4.32. The van der Waals surface area contributed by atoms with Gasteiger partial charge in [0.1, 0.15) is 6.04 Å². The molecule has 0 saturated carbocycles. The molecule has 106 valence electrons. The molecule has 3 N–H and O–H groups in total. The van der Waals surface area contributed by atoms with E-state index in [1.165, 1.54) is 0 Å². The zero-order chi connectivity index (χ0) is 15.3. The predicted octanol–water partition coefficient (Wildman–Crippen LogP) is 1.10. The molecule has 5 nitrogen and oxygen atoms in total. The lowest BCUT2D eigenvalue weighted by Gasteiger charge is -2.20. The average Bonchev–Trinajstić information content (AvgIpc) is 2.38. The molecule has 20 heavy (non-hydrogen) atoms. The van der Waals surface area contributed by atoms with Gasteiger partial charge in [-0.25, -0.2) is 8.78 Å². The maximum atomic E-state index is 13.0. The fourth-order valence-electron chi connectivity index (χ4n) is 1.62. The molecule has 1 rings (SSSR count). The normalized spacial score (nSPS) is 13.1. The SMILES string of the molecule is C[C@@H](CC#N)[C@@H](NC(=O)c1ccc(F)c(F)c1)C(N)=O. The molecule has 0 spiro atoms. The summed E-state index contributed by atoms with van der Waals surface area (Å²) in [7, 11) is 0. The number of carbonyl (C=O) groups is 2. The molecule has 0 aliphatic rings. The molecule has 0 aromatic heterocycles. The zero-order valence-electron chi connectivity index (χ0n) is 10.7. The molecule has 0 heterocycles. The van der Waals surface area contributed by atoms with Crippen molar-refractivity contribution in [2.75, 3.05) is 0 Å². The van der Waals surface area contributed by atoms with Crippen LogP contribution in [0.15, 0.2) is 18.2 Å². The van der Waals surface area contributed by atoms with Gasteiger partial charge in [0.05, 0.1) is 6.07 Å². The van der Waals surface area contributed by atoms with Crippen LogP contribution in [0, 0.1) is 28.9 Å². The molecule has 2 atom stereocenters. The molecule has 0 saturated heterocycles. The number of amides is 2. The van der Waals surface area contributed by atoms with E-state index in [1.807, 2.05) is 6.07 Å². The van der Waals surface area contributed by atoms with Gasteiger partial charge < -0.3 is 11.1 Å². The van der Waals surface area contributed by atoms with E-state index in [1.54, 1.807) is 6.92 Å². The third-order valence-electron chi connectivity index (χ3n) is 2.76. The Bertz CT molecular complexity index is 569. The second kappa shape index (κ2) is 6.61. The molecular formula is C13H13F2N3O2. The third-order valence-corrected chi connectivity index (χ3v) is 2.76. The zero-order valence-corrected chi connectivity index (χ0v) is 10.7. The molecule has 1 aromatic carbocycles. The van der Waals surface area contributed by atoms with Crippen molar-refractivity contribution in [3.63, 3.8) is 0 Å². The lowest BCUT2D eigenvalue weighted by molar-refractivity contribution is -0.120. The number of primary amides is 1. The highest BCUT2D eigenvalue weighted by molar-refractivity contribution is 5.97. The number of rotatable bonds is 5. The number of nitriles is 1. The first-order valence-electron chi connectivity index (χ1n) is 5.79. The summed E-state index contributed by atoms with van der Waals surface area (Å²) in [5.41, 5.74) is 5.01. The largest absolute Gasteiger partial charge is 0.368 e. The Morgan fingerprint density at radius 3 is 2.55 bits per heavy atom. The molecule has 0 fully saturated rings. The first kappa shape index (κ1) is 15.6. The summed E-state index contributed by atoms with van der Waals surface area (Å²) in [6, 6.07) is 3.42. The van der Waals surface area contributed by atoms with Crippen LogP contribution in [0.3, 0.4) is 0 Å². The van der Waals surface area contributed by atoms with Gasteiger partial charge in [0, 0.05) is 12.0 Å². The summed E-state index contributed by atoms with van der Waals surface area (Å²) >= 11 is 0.